The van der Waals surface area contributed by atoms with Crippen LogP contribution in [0.5, 0.6) is 0 Å². The Morgan fingerprint density at radius 1 is 0.895 bits per heavy atom. The highest BCUT2D eigenvalue weighted by Crippen LogP contribution is 2.41. The molecule has 5 atom stereocenters. The molecule has 2 aromatic heterocycles. The van der Waals surface area contributed by atoms with Gasteiger partial charge in [-0.3, -0.25) is 18.7 Å². The average molecular weight is 801 g/mol. The monoisotopic (exact) mass is 800 g/mol. The maximum absolute atomic E-state index is 14.3. The van der Waals surface area contributed by atoms with E-state index in [1.54, 1.807) is 36.5 Å². The van der Waals surface area contributed by atoms with E-state index in [0.717, 1.165) is 36.0 Å². The molecule has 302 valence electrons. The molecule has 1 aliphatic rings. The Labute approximate surface area is 331 Å². The SMILES string of the molecule is CCCCCc1ccc(-c2cc3cn([C@H]4C[C@H](O)[C@@H](COP(=O)(N[C@@H](C)C(=O)OCc5ccccc5)N[C@@H](C)C(=O)OCc5ccccc5)O4)c(=O)nc3o2)cc1. The molecule has 14 nitrogen and oxygen atoms in total. The van der Waals surface area contributed by atoms with Gasteiger partial charge in [0.05, 0.1) is 18.1 Å². The molecule has 6 rings (SSSR count). The van der Waals surface area contributed by atoms with Crippen molar-refractivity contribution in [2.75, 3.05) is 6.61 Å². The number of aliphatic hydroxyl groups excluding tert-OH is 1. The molecule has 3 heterocycles. The van der Waals surface area contributed by atoms with Gasteiger partial charge < -0.3 is 28.3 Å². The number of carbonyl (C=O) groups excluding carboxylic acids is 2. The zero-order valence-corrected chi connectivity index (χ0v) is 33.1. The summed E-state index contributed by atoms with van der Waals surface area (Å²) < 4.78 is 44.3. The Kier molecular flexibility index (Phi) is 14.2. The average Bonchev–Trinajstić information content (AvgIpc) is 3.81. The number of aryl methyl sites for hydroxylation is 1. The van der Waals surface area contributed by atoms with Gasteiger partial charge in [-0.25, -0.2) is 15.0 Å². The first-order valence-corrected chi connectivity index (χ1v) is 20.8. The van der Waals surface area contributed by atoms with E-state index < -0.39 is 62.4 Å². The maximum atomic E-state index is 14.3. The van der Waals surface area contributed by atoms with Crippen molar-refractivity contribution in [1.29, 1.82) is 0 Å². The van der Waals surface area contributed by atoms with Crippen molar-refractivity contribution in [1.82, 2.24) is 19.7 Å². The van der Waals surface area contributed by atoms with Gasteiger partial charge in [-0.05, 0) is 49.4 Å². The molecule has 0 spiro atoms. The molecule has 1 fully saturated rings. The van der Waals surface area contributed by atoms with E-state index in [4.69, 9.17) is 23.2 Å². The number of furan rings is 1. The maximum Gasteiger partial charge on any atom is 0.353 e. The fourth-order valence-corrected chi connectivity index (χ4v) is 8.15. The topological polar surface area (TPSA) is 180 Å². The third-order valence-corrected chi connectivity index (χ3v) is 11.5. The summed E-state index contributed by atoms with van der Waals surface area (Å²) in [5.74, 6) is -0.879. The second-order valence-corrected chi connectivity index (χ2v) is 16.0. The van der Waals surface area contributed by atoms with Gasteiger partial charge >= 0.3 is 25.3 Å². The van der Waals surface area contributed by atoms with Crippen molar-refractivity contribution in [2.45, 2.75) is 96.6 Å². The van der Waals surface area contributed by atoms with E-state index in [-0.39, 0.29) is 25.3 Å². The minimum atomic E-state index is -4.27. The summed E-state index contributed by atoms with van der Waals surface area (Å²) in [6.45, 7) is 4.60. The molecule has 5 aromatic rings. The van der Waals surface area contributed by atoms with E-state index in [1.807, 2.05) is 48.5 Å². The molecule has 0 aliphatic carbocycles. The minimum Gasteiger partial charge on any atom is -0.460 e. The lowest BCUT2D eigenvalue weighted by Gasteiger charge is -2.27. The Morgan fingerprint density at radius 2 is 1.49 bits per heavy atom. The number of ether oxygens (including phenoxy) is 3. The predicted octanol–water partition coefficient (Wildman–Crippen LogP) is 6.61. The molecule has 0 amide bonds. The molecule has 3 N–H and O–H groups in total. The highest BCUT2D eigenvalue weighted by molar-refractivity contribution is 7.54. The van der Waals surface area contributed by atoms with Gasteiger partial charge in [-0.15, -0.1) is 0 Å². The molecule has 0 unspecified atom stereocenters. The van der Waals surface area contributed by atoms with Gasteiger partial charge in [0.15, 0.2) is 0 Å². The number of carbonyl (C=O) groups is 2. The van der Waals surface area contributed by atoms with Gasteiger partial charge in [0.1, 0.15) is 43.4 Å². The zero-order chi connectivity index (χ0) is 40.4. The number of hydrogen-bond acceptors (Lipinski definition) is 11. The molecule has 0 radical (unpaired) electrons. The minimum absolute atomic E-state index is 0.000903. The number of unbranched alkanes of at least 4 members (excludes halogenated alkanes) is 2. The summed E-state index contributed by atoms with van der Waals surface area (Å²) in [5, 5.41) is 16.9. The number of benzene rings is 3. The molecule has 0 bridgehead atoms. The summed E-state index contributed by atoms with van der Waals surface area (Å²) in [6, 6.07) is 25.7. The predicted molar refractivity (Wildman–Crippen MR) is 213 cm³/mol. The summed E-state index contributed by atoms with van der Waals surface area (Å²) in [7, 11) is -4.27. The van der Waals surface area contributed by atoms with E-state index in [1.165, 1.54) is 30.4 Å². The van der Waals surface area contributed by atoms with Crippen LogP contribution in [0.2, 0.25) is 0 Å². The third kappa shape index (κ3) is 11.3. The largest absolute Gasteiger partial charge is 0.460 e. The van der Waals surface area contributed by atoms with Crippen LogP contribution in [0.25, 0.3) is 22.4 Å². The number of esters is 2. The summed E-state index contributed by atoms with van der Waals surface area (Å²) in [4.78, 5) is 43.2. The Morgan fingerprint density at radius 3 is 2.07 bits per heavy atom. The fraction of sp³-hybridized carbons (Fsp3) is 0.381. The van der Waals surface area contributed by atoms with Gasteiger partial charge in [-0.2, -0.15) is 4.98 Å². The lowest BCUT2D eigenvalue weighted by molar-refractivity contribution is -0.147. The molecule has 1 saturated heterocycles. The Balaban J connectivity index is 1.12. The van der Waals surface area contributed by atoms with Crippen molar-refractivity contribution in [3.8, 4) is 11.3 Å². The van der Waals surface area contributed by atoms with Crippen LogP contribution in [-0.4, -0.2) is 57.5 Å². The molecule has 0 saturated carbocycles. The van der Waals surface area contributed by atoms with Crippen LogP contribution in [0.1, 0.15) is 69.4 Å². The smallest absolute Gasteiger partial charge is 0.353 e. The second kappa shape index (κ2) is 19.5. The first-order chi connectivity index (χ1) is 27.5. The van der Waals surface area contributed by atoms with Crippen LogP contribution in [0, 0.1) is 0 Å². The van der Waals surface area contributed by atoms with Gasteiger partial charge in [-0.1, -0.05) is 105 Å². The van der Waals surface area contributed by atoms with Crippen LogP contribution in [0.3, 0.4) is 0 Å². The van der Waals surface area contributed by atoms with Crippen LogP contribution in [-0.2, 0) is 52.5 Å². The number of nitrogens with one attached hydrogen (secondary N) is 2. The van der Waals surface area contributed by atoms with E-state index in [0.29, 0.717) is 11.1 Å². The first-order valence-electron chi connectivity index (χ1n) is 19.2. The van der Waals surface area contributed by atoms with Gasteiger partial charge in [0, 0.05) is 18.2 Å². The lowest BCUT2D eigenvalue weighted by Crippen LogP contribution is -2.43. The number of nitrogens with zero attached hydrogens (tertiary/aromatic N) is 2. The molecule has 57 heavy (non-hydrogen) atoms. The molecule has 3 aromatic carbocycles. The normalized spacial score (nSPS) is 18.0. The number of aliphatic hydroxyl groups is 1. The Bertz CT molecular complexity index is 2130. The van der Waals surface area contributed by atoms with Crippen LogP contribution >= 0.6 is 7.67 Å². The molecule has 15 heteroatoms. The van der Waals surface area contributed by atoms with Crippen molar-refractivity contribution in [2.24, 2.45) is 0 Å². The number of aromatic nitrogens is 2. The summed E-state index contributed by atoms with van der Waals surface area (Å²) >= 11 is 0. The van der Waals surface area contributed by atoms with Gasteiger partial charge in [0.2, 0.25) is 5.71 Å². The zero-order valence-electron chi connectivity index (χ0n) is 32.2. The number of fused-ring (bicyclic) bond motifs is 1. The standard InChI is InChI=1S/C42H49N4O10P/c1-4-5-8-13-30-18-20-33(21-19-30)36-22-34-24-46(42(50)43-39(34)56-36)38-23-35(47)37(55-38)27-54-57(51,44-28(2)40(48)52-25-31-14-9-6-10-15-31)45-29(3)41(49)53-26-32-16-11-7-12-17-32/h6-7,9-12,14-22,24,28-29,35,37-38,47H,4-5,8,13,23,25-27H2,1-3H3,(H2,44,45,51)/t28-,29-,35-,37+,38+/m0/s1. The quantitative estimate of drug-likeness (QED) is 0.0462. The van der Waals surface area contributed by atoms with E-state index >= 15 is 0 Å². The van der Waals surface area contributed by atoms with Crippen LogP contribution in [0.4, 0.5) is 0 Å². The Hall–Kier alpha value is -4.95. The van der Waals surface area contributed by atoms with E-state index in [2.05, 4.69) is 34.2 Å². The molecular weight excluding hydrogens is 751 g/mol. The number of rotatable bonds is 19. The van der Waals surface area contributed by atoms with Crippen molar-refractivity contribution in [3.05, 3.63) is 124 Å². The first kappa shape index (κ1) is 41.7. The van der Waals surface area contributed by atoms with Crippen LogP contribution < -0.4 is 15.9 Å². The number of hydrogen-bond donors (Lipinski definition) is 3. The second-order valence-electron chi connectivity index (χ2n) is 14.1. The van der Waals surface area contributed by atoms with Crippen molar-refractivity contribution < 1.29 is 42.4 Å². The molecular formula is C42H49N4O10P. The van der Waals surface area contributed by atoms with Crippen molar-refractivity contribution in [3.63, 3.8) is 0 Å². The van der Waals surface area contributed by atoms with E-state index in [9.17, 15) is 24.1 Å². The molecule has 1 aliphatic heterocycles. The fourth-order valence-electron chi connectivity index (χ4n) is 6.34. The lowest BCUT2D eigenvalue weighted by atomic mass is 10.0. The summed E-state index contributed by atoms with van der Waals surface area (Å²) in [6.07, 6.45) is 2.92. The van der Waals surface area contributed by atoms with Gasteiger partial charge in [0.25, 0.3) is 0 Å². The highest BCUT2D eigenvalue weighted by Gasteiger charge is 2.40. The summed E-state index contributed by atoms with van der Waals surface area (Å²) in [5.41, 5.74) is 3.13. The highest BCUT2D eigenvalue weighted by atomic mass is 31.2. The van der Waals surface area contributed by atoms with Crippen molar-refractivity contribution >= 4 is 30.7 Å². The van der Waals surface area contributed by atoms with Crippen LogP contribution in [0.15, 0.2) is 106 Å². The third-order valence-electron chi connectivity index (χ3n) is 9.56.